The Balaban J connectivity index is 1.42. The molecule has 1 aliphatic rings. The molecular weight excluding hydrogens is 443 g/mol. The van der Waals surface area contributed by atoms with Crippen LogP contribution in [0.1, 0.15) is 18.1 Å². The van der Waals surface area contributed by atoms with E-state index in [1.54, 1.807) is 18.2 Å². The second-order valence-corrected chi connectivity index (χ2v) is 8.13. The molecule has 0 aromatic heterocycles. The van der Waals surface area contributed by atoms with Crippen LogP contribution < -0.4 is 19.7 Å². The maximum atomic E-state index is 13.9. The topological polar surface area (TPSA) is 43.0 Å². The molecule has 0 aliphatic carbocycles. The van der Waals surface area contributed by atoms with Crippen LogP contribution in [-0.4, -0.2) is 32.9 Å². The smallest absolute Gasteiger partial charge is 0.180 e. The number of benzene rings is 3. The number of hydrogen-bond donors (Lipinski definition) is 1. The Morgan fingerprint density at radius 3 is 2.52 bits per heavy atom. The van der Waals surface area contributed by atoms with E-state index in [2.05, 4.69) is 34.5 Å². The molecule has 1 heterocycles. The predicted molar refractivity (Wildman–Crippen MR) is 130 cm³/mol. The summed E-state index contributed by atoms with van der Waals surface area (Å²) in [5.74, 6) is 0.647. The number of hydrogen-bond acceptors (Lipinski definition) is 5. The van der Waals surface area contributed by atoms with E-state index in [4.69, 9.17) is 25.8 Å². The van der Waals surface area contributed by atoms with E-state index in [0.29, 0.717) is 35.2 Å². The lowest BCUT2D eigenvalue weighted by molar-refractivity contribution is 0.122. The molecule has 1 saturated heterocycles. The van der Waals surface area contributed by atoms with Crippen LogP contribution in [0.25, 0.3) is 0 Å². The molecule has 0 spiro atoms. The van der Waals surface area contributed by atoms with Crippen molar-refractivity contribution in [1.29, 1.82) is 0 Å². The van der Waals surface area contributed by atoms with Crippen molar-refractivity contribution in [3.8, 4) is 11.5 Å². The zero-order valence-corrected chi connectivity index (χ0v) is 19.4. The monoisotopic (exact) mass is 470 g/mol. The summed E-state index contributed by atoms with van der Waals surface area (Å²) >= 11 is 6.52. The molecule has 1 aliphatic heterocycles. The summed E-state index contributed by atoms with van der Waals surface area (Å²) in [7, 11) is 0. The lowest BCUT2D eigenvalue weighted by Crippen LogP contribution is -2.36. The van der Waals surface area contributed by atoms with Gasteiger partial charge in [0, 0.05) is 36.6 Å². The highest BCUT2D eigenvalue weighted by Gasteiger charge is 2.14. The summed E-state index contributed by atoms with van der Waals surface area (Å²) in [4.78, 5) is 2.32. The van der Waals surface area contributed by atoms with Gasteiger partial charge in [-0.15, -0.1) is 0 Å². The van der Waals surface area contributed by atoms with Crippen molar-refractivity contribution in [3.63, 3.8) is 0 Å². The zero-order chi connectivity index (χ0) is 23.0. The summed E-state index contributed by atoms with van der Waals surface area (Å²) < 4.78 is 31.0. The molecule has 0 atom stereocenters. The third-order valence-corrected chi connectivity index (χ3v) is 5.72. The summed E-state index contributed by atoms with van der Waals surface area (Å²) in [6.07, 6.45) is 0. The lowest BCUT2D eigenvalue weighted by atomic mass is 10.1. The van der Waals surface area contributed by atoms with E-state index in [9.17, 15) is 4.39 Å². The second-order valence-electron chi connectivity index (χ2n) is 7.72. The Morgan fingerprint density at radius 1 is 1.03 bits per heavy atom. The Kier molecular flexibility index (Phi) is 7.92. The normalized spacial score (nSPS) is 13.6. The predicted octanol–water partition coefficient (Wildman–Crippen LogP) is 5.91. The van der Waals surface area contributed by atoms with Gasteiger partial charge in [-0.2, -0.15) is 0 Å². The number of rotatable bonds is 9. The molecular formula is C26H28ClFN2O3. The van der Waals surface area contributed by atoms with Crippen LogP contribution in [0.2, 0.25) is 5.02 Å². The van der Waals surface area contributed by atoms with Crippen molar-refractivity contribution in [2.24, 2.45) is 0 Å². The minimum atomic E-state index is -0.313. The number of halogens is 2. The van der Waals surface area contributed by atoms with Crippen molar-refractivity contribution in [3.05, 3.63) is 82.6 Å². The molecule has 1 N–H and O–H groups in total. The summed E-state index contributed by atoms with van der Waals surface area (Å²) in [5.41, 5.74) is 3.63. The average molecular weight is 471 g/mol. The fourth-order valence-electron chi connectivity index (χ4n) is 3.71. The maximum absolute atomic E-state index is 13.9. The number of anilines is 2. The quantitative estimate of drug-likeness (QED) is 0.421. The van der Waals surface area contributed by atoms with Gasteiger partial charge in [-0.25, -0.2) is 4.39 Å². The first-order valence-corrected chi connectivity index (χ1v) is 11.5. The third-order valence-electron chi connectivity index (χ3n) is 5.44. The van der Waals surface area contributed by atoms with Gasteiger partial charge in [0.25, 0.3) is 0 Å². The number of ether oxygens (including phenoxy) is 3. The van der Waals surface area contributed by atoms with Crippen molar-refractivity contribution in [2.75, 3.05) is 43.1 Å². The summed E-state index contributed by atoms with van der Waals surface area (Å²) in [5, 5.41) is 3.85. The standard InChI is InChI=1S/C26H28ClFN2O3/c1-2-32-25-16-19(15-23(27)26(25)33-18-20-5-3-4-6-24(20)28)17-29-21-7-9-22(10-8-21)30-11-13-31-14-12-30/h3-10,15-16,29H,2,11-14,17-18H2,1H3. The van der Waals surface area contributed by atoms with Gasteiger partial charge in [0.2, 0.25) is 0 Å². The first-order chi connectivity index (χ1) is 16.1. The van der Waals surface area contributed by atoms with Crippen molar-refractivity contribution >= 4 is 23.0 Å². The molecule has 174 valence electrons. The van der Waals surface area contributed by atoms with E-state index in [0.717, 1.165) is 37.6 Å². The number of nitrogens with zero attached hydrogens (tertiary/aromatic N) is 1. The second kappa shape index (κ2) is 11.3. The van der Waals surface area contributed by atoms with Gasteiger partial charge in [-0.1, -0.05) is 29.8 Å². The lowest BCUT2D eigenvalue weighted by Gasteiger charge is -2.29. The van der Waals surface area contributed by atoms with Gasteiger partial charge in [-0.05, 0) is 55.0 Å². The third kappa shape index (κ3) is 6.09. The molecule has 0 radical (unpaired) electrons. The van der Waals surface area contributed by atoms with Crippen LogP contribution in [0.15, 0.2) is 60.7 Å². The molecule has 3 aromatic carbocycles. The minimum absolute atomic E-state index is 0.0690. The summed E-state index contributed by atoms with van der Waals surface area (Å²) in [6, 6.07) is 18.6. The maximum Gasteiger partial charge on any atom is 0.180 e. The van der Waals surface area contributed by atoms with Gasteiger partial charge in [0.1, 0.15) is 12.4 Å². The fraction of sp³-hybridized carbons (Fsp3) is 0.308. The highest BCUT2D eigenvalue weighted by atomic mass is 35.5. The van der Waals surface area contributed by atoms with Gasteiger partial charge in [-0.3, -0.25) is 0 Å². The minimum Gasteiger partial charge on any atom is -0.490 e. The molecule has 0 bridgehead atoms. The van der Waals surface area contributed by atoms with Crippen LogP contribution in [0, 0.1) is 5.82 Å². The largest absolute Gasteiger partial charge is 0.490 e. The Bertz CT molecular complexity index is 1060. The molecule has 33 heavy (non-hydrogen) atoms. The van der Waals surface area contributed by atoms with Crippen molar-refractivity contribution < 1.29 is 18.6 Å². The van der Waals surface area contributed by atoms with Gasteiger partial charge in [0.05, 0.1) is 24.8 Å². The Morgan fingerprint density at radius 2 is 1.79 bits per heavy atom. The van der Waals surface area contributed by atoms with E-state index in [-0.39, 0.29) is 12.4 Å². The Hall–Kier alpha value is -2.96. The van der Waals surface area contributed by atoms with Crippen LogP contribution in [-0.2, 0) is 17.9 Å². The molecule has 0 amide bonds. The van der Waals surface area contributed by atoms with E-state index in [1.165, 1.54) is 11.8 Å². The molecule has 0 unspecified atom stereocenters. The Labute approximate surface area is 199 Å². The average Bonchev–Trinajstić information content (AvgIpc) is 2.84. The van der Waals surface area contributed by atoms with Gasteiger partial charge < -0.3 is 24.4 Å². The zero-order valence-electron chi connectivity index (χ0n) is 18.7. The summed E-state index contributed by atoms with van der Waals surface area (Å²) in [6.45, 7) is 6.37. The molecule has 7 heteroatoms. The number of nitrogens with one attached hydrogen (secondary N) is 1. The molecule has 5 nitrogen and oxygen atoms in total. The highest BCUT2D eigenvalue weighted by Crippen LogP contribution is 2.37. The van der Waals surface area contributed by atoms with Gasteiger partial charge >= 0.3 is 0 Å². The SMILES string of the molecule is CCOc1cc(CNc2ccc(N3CCOCC3)cc2)cc(Cl)c1OCc1ccccc1F. The first kappa shape index (κ1) is 23.2. The molecule has 3 aromatic rings. The highest BCUT2D eigenvalue weighted by molar-refractivity contribution is 6.32. The first-order valence-electron chi connectivity index (χ1n) is 11.1. The van der Waals surface area contributed by atoms with Crippen LogP contribution in [0.5, 0.6) is 11.5 Å². The van der Waals surface area contributed by atoms with Crippen LogP contribution >= 0.6 is 11.6 Å². The fourth-order valence-corrected chi connectivity index (χ4v) is 4.00. The number of morpholine rings is 1. The molecule has 0 saturated carbocycles. The molecule has 4 rings (SSSR count). The van der Waals surface area contributed by atoms with E-state index >= 15 is 0 Å². The van der Waals surface area contributed by atoms with Crippen molar-refractivity contribution in [1.82, 2.24) is 0 Å². The van der Waals surface area contributed by atoms with Gasteiger partial charge in [0.15, 0.2) is 11.5 Å². The van der Waals surface area contributed by atoms with E-state index < -0.39 is 0 Å². The van der Waals surface area contributed by atoms with Crippen LogP contribution in [0.4, 0.5) is 15.8 Å². The van der Waals surface area contributed by atoms with Crippen molar-refractivity contribution in [2.45, 2.75) is 20.1 Å². The molecule has 1 fully saturated rings. The van der Waals surface area contributed by atoms with Crippen LogP contribution in [0.3, 0.4) is 0 Å². The van der Waals surface area contributed by atoms with E-state index in [1.807, 2.05) is 19.1 Å².